The first-order valence-electron chi connectivity index (χ1n) is 31.8. The number of benzene rings is 12. The van der Waals surface area contributed by atoms with Crippen LogP contribution >= 0.6 is 31.7 Å². The van der Waals surface area contributed by atoms with E-state index in [0.717, 1.165) is 50.5 Å². The summed E-state index contributed by atoms with van der Waals surface area (Å²) in [6, 6.07) is 113. The van der Waals surface area contributed by atoms with Gasteiger partial charge >= 0.3 is 89.5 Å². The van der Waals surface area contributed by atoms with Gasteiger partial charge in [-0.15, -0.1) is 70.8 Å². The standard InChI is InChI=1S/C28H28P2.C26H24P2.C17H9N.C17H8.4Au/c1-5-15-25(16-6-1)29(26-17-7-2-8-18-26)23-13-14-24-30(27-19-9-3-10-20-27)28-21-11-4-12-22-28;1-5-13-23(14-6-1)27(24-15-7-2-8-16-24)21-22-28(25-17-9-3-10-18-25)26-19-11-4-12-20-26;1-4-12-6-8-14-15-9-7-13(5-2)11-17(15)18(3)16(14)10-12;1-3-12-5-7-16-14(9-12)11-15-10-13(4-2)6-8-17(15)16;;;;/h1-12,15-22H,13-14,23-24H2;1-20H,21-22H2;6-11H,3H3;5-10H,11H2;;;;/q;;2*-2;4*+1/p+4. The fraction of sp³-hybridized carbons (Fsp3) is 0.0909. The first kappa shape index (κ1) is 77.7. The predicted molar refractivity (Wildman–Crippen MR) is 411 cm³/mol. The molecule has 9 heteroatoms. The van der Waals surface area contributed by atoms with Crippen LogP contribution in [0.25, 0.3) is 32.9 Å². The molecule has 0 radical (unpaired) electrons. The Morgan fingerprint density at radius 2 is 0.495 bits per heavy atom. The second-order valence-corrected chi connectivity index (χ2v) is 33.4. The van der Waals surface area contributed by atoms with Gasteiger partial charge in [-0.1, -0.05) is 181 Å². The third kappa shape index (κ3) is 20.7. The Labute approximate surface area is 643 Å². The molecular weight excluding hydrogens is 1980 g/mol. The molecular formula is C88H73Au4NP4+4. The van der Waals surface area contributed by atoms with Crippen LogP contribution in [0, 0.1) is 49.4 Å². The normalized spacial score (nSPS) is 10.5. The molecule has 0 amide bonds. The molecule has 0 saturated carbocycles. The van der Waals surface area contributed by atoms with Gasteiger partial charge in [0.15, 0.2) is 0 Å². The molecule has 0 atom stereocenters. The molecule has 1 heterocycles. The van der Waals surface area contributed by atoms with Gasteiger partial charge in [0.05, 0.1) is 86.4 Å². The van der Waals surface area contributed by atoms with Gasteiger partial charge < -0.3 is 30.3 Å². The van der Waals surface area contributed by atoms with E-state index in [1.807, 2.05) is 79.8 Å². The largest absolute Gasteiger partial charge is 1.00 e. The zero-order valence-electron chi connectivity index (χ0n) is 53.6. The molecule has 0 spiro atoms. The van der Waals surface area contributed by atoms with Gasteiger partial charge in [0.1, 0.15) is 12.3 Å². The Kier molecular flexibility index (Phi) is 32.4. The van der Waals surface area contributed by atoms with E-state index < -0.39 is 31.7 Å². The van der Waals surface area contributed by atoms with Crippen LogP contribution < -0.4 is 42.4 Å². The van der Waals surface area contributed by atoms with Crippen LogP contribution in [0.15, 0.2) is 315 Å². The van der Waals surface area contributed by atoms with Gasteiger partial charge in [-0.3, -0.25) is 23.7 Å². The van der Waals surface area contributed by atoms with Gasteiger partial charge in [0.25, 0.3) is 0 Å². The molecule has 14 rings (SSSR count). The van der Waals surface area contributed by atoms with E-state index in [0.29, 0.717) is 0 Å². The molecule has 1 aliphatic rings. The Morgan fingerprint density at radius 3 is 0.732 bits per heavy atom. The summed E-state index contributed by atoms with van der Waals surface area (Å²) in [5, 5.41) is 14.5. The van der Waals surface area contributed by atoms with E-state index in [2.05, 4.69) is 271 Å². The molecule has 0 saturated heterocycles. The van der Waals surface area contributed by atoms with Gasteiger partial charge in [0.2, 0.25) is 0 Å². The van der Waals surface area contributed by atoms with Gasteiger partial charge in [-0.2, -0.15) is 0 Å². The van der Waals surface area contributed by atoms with Crippen LogP contribution in [0.5, 0.6) is 0 Å². The third-order valence-electron chi connectivity index (χ3n) is 17.2. The fourth-order valence-electron chi connectivity index (χ4n) is 12.5. The van der Waals surface area contributed by atoms with Crippen molar-refractivity contribution in [3.63, 3.8) is 0 Å². The monoisotopic (exact) mass is 2060 g/mol. The Bertz CT molecular complexity index is 4260. The van der Waals surface area contributed by atoms with Crippen LogP contribution in [0.2, 0.25) is 0 Å². The molecule has 0 fully saturated rings. The van der Waals surface area contributed by atoms with Crippen molar-refractivity contribution in [1.29, 1.82) is 0 Å². The number of fused-ring (bicyclic) bond motifs is 6. The number of hydrogen-bond donors (Lipinski definition) is 0. The zero-order valence-corrected chi connectivity index (χ0v) is 66.3. The molecule has 0 aliphatic heterocycles. The molecule has 12 aromatic carbocycles. The maximum Gasteiger partial charge on any atom is 1.00 e. The summed E-state index contributed by atoms with van der Waals surface area (Å²) < 4.78 is 2.08. The summed E-state index contributed by atoms with van der Waals surface area (Å²) in [5.74, 6) is 9.64. The number of nitrogens with zero attached hydrogens (tertiary/aromatic N) is 1. The first-order valence-corrected chi connectivity index (χ1v) is 38.6. The SMILES string of the molecule is [Au+].[Au+].[Au+].[Au+].[C-]#Cc1ccc2c(c1)Cc1cc(C#[C-])ccc1-2.[C-]#Cc1ccc2c3ccc(C#[C-])cc3n(C)c2c1.c1ccc([PH+](CCCC[PH+](c2ccccc2)c2ccccc2)c2ccccc2)cc1.c1ccc([PH+](CC[PH+](c2ccccc2)c2ccccc2)c2ccccc2)cc1. The fourth-order valence-corrected chi connectivity index (χ4v) is 24.1. The Morgan fingerprint density at radius 1 is 0.278 bits per heavy atom. The molecule has 97 heavy (non-hydrogen) atoms. The molecule has 13 aromatic rings. The van der Waals surface area contributed by atoms with E-state index in [9.17, 15) is 0 Å². The minimum atomic E-state index is -0.783. The smallest absolute Gasteiger partial charge is 0.366 e. The number of unbranched alkanes of at least 4 members (excludes halogenated alkanes) is 1. The van der Waals surface area contributed by atoms with Gasteiger partial charge in [-0.05, 0) is 127 Å². The van der Waals surface area contributed by atoms with Crippen LogP contribution in [-0.2, 0) is 103 Å². The van der Waals surface area contributed by atoms with E-state index >= 15 is 0 Å². The van der Waals surface area contributed by atoms with Crippen molar-refractivity contribution in [2.45, 2.75) is 19.3 Å². The summed E-state index contributed by atoms with van der Waals surface area (Å²) in [6.07, 6.45) is 37.3. The average molecular weight is 2060 g/mol. The Balaban J connectivity index is 0.000000184. The number of rotatable bonds is 16. The summed E-state index contributed by atoms with van der Waals surface area (Å²) in [6.45, 7) is 0. The summed E-state index contributed by atoms with van der Waals surface area (Å²) in [4.78, 5) is 0. The minimum Gasteiger partial charge on any atom is -0.366 e. The van der Waals surface area contributed by atoms with Crippen LogP contribution in [-0.4, -0.2) is 29.2 Å². The number of aryl methyl sites for hydroxylation is 1. The molecule has 1 nitrogen and oxygen atoms in total. The van der Waals surface area contributed by atoms with Crippen LogP contribution in [0.1, 0.15) is 46.2 Å². The summed E-state index contributed by atoms with van der Waals surface area (Å²) in [7, 11) is -1.00. The minimum absolute atomic E-state index is 0. The van der Waals surface area contributed by atoms with Crippen molar-refractivity contribution < 1.29 is 89.5 Å². The van der Waals surface area contributed by atoms with E-state index in [-0.39, 0.29) is 89.5 Å². The summed E-state index contributed by atoms with van der Waals surface area (Å²) >= 11 is 0. The van der Waals surface area contributed by atoms with Crippen molar-refractivity contribution in [2.24, 2.45) is 7.05 Å². The molecule has 1 aromatic heterocycles. The van der Waals surface area contributed by atoms with Gasteiger partial charge in [-0.25, -0.2) is 0 Å². The maximum atomic E-state index is 7.19. The predicted octanol–water partition coefficient (Wildman–Crippen LogP) is 16.5. The molecule has 0 N–H and O–H groups in total. The van der Waals surface area contributed by atoms with Crippen LogP contribution in [0.4, 0.5) is 0 Å². The number of hydrogen-bond acceptors (Lipinski definition) is 0. The van der Waals surface area contributed by atoms with Crippen molar-refractivity contribution in [3.05, 3.63) is 375 Å². The second kappa shape index (κ2) is 40.4. The van der Waals surface area contributed by atoms with Gasteiger partial charge in [0, 0.05) is 28.9 Å². The first-order chi connectivity index (χ1) is 45.9. The molecule has 0 bridgehead atoms. The topological polar surface area (TPSA) is 4.93 Å². The molecule has 0 unspecified atom stereocenters. The van der Waals surface area contributed by atoms with Crippen molar-refractivity contribution in [1.82, 2.24) is 4.57 Å². The second-order valence-electron chi connectivity index (χ2n) is 23.0. The van der Waals surface area contributed by atoms with Crippen molar-refractivity contribution >= 4 is 95.9 Å². The maximum absolute atomic E-state index is 7.19. The third-order valence-corrected chi connectivity index (χ3v) is 29.1. The Hall–Kier alpha value is -6.64. The number of aromatic nitrogens is 1. The van der Waals surface area contributed by atoms with E-state index in [4.69, 9.17) is 25.7 Å². The quantitative estimate of drug-likeness (QED) is 0.0299. The molecule has 490 valence electrons. The van der Waals surface area contributed by atoms with E-state index in [1.165, 1.54) is 102 Å². The summed E-state index contributed by atoms with van der Waals surface area (Å²) in [5.41, 5.74) is 10.3. The average Bonchev–Trinajstić information content (AvgIpc) is 1.62. The van der Waals surface area contributed by atoms with E-state index in [1.54, 1.807) is 0 Å². The molecule has 1 aliphatic carbocycles. The van der Waals surface area contributed by atoms with Crippen molar-refractivity contribution in [3.8, 4) is 34.8 Å². The van der Waals surface area contributed by atoms with Crippen molar-refractivity contribution in [2.75, 3.05) is 24.6 Å². The van der Waals surface area contributed by atoms with Crippen LogP contribution in [0.3, 0.4) is 0 Å². The zero-order chi connectivity index (χ0) is 64.0.